The fourth-order valence-corrected chi connectivity index (χ4v) is 3.40. The summed E-state index contributed by atoms with van der Waals surface area (Å²) in [5.74, 6) is 1.10. The number of aryl methyl sites for hydroxylation is 1. The number of carbonyl (C=O) groups excluding carboxylic acids is 1. The number of halogens is 1. The van der Waals surface area contributed by atoms with E-state index in [1.54, 1.807) is 31.4 Å². The number of hydrogen-bond donors (Lipinski definition) is 1. The minimum Gasteiger partial charge on any atom is -0.497 e. The van der Waals surface area contributed by atoms with E-state index in [-0.39, 0.29) is 25.6 Å². The number of aromatic amines is 1. The number of benzene rings is 2. The van der Waals surface area contributed by atoms with Gasteiger partial charge in [-0.2, -0.15) is 0 Å². The van der Waals surface area contributed by atoms with Gasteiger partial charge in [0.05, 0.1) is 31.2 Å². The van der Waals surface area contributed by atoms with Crippen LogP contribution in [0.15, 0.2) is 42.5 Å². The van der Waals surface area contributed by atoms with Gasteiger partial charge in [0.25, 0.3) is 5.91 Å². The third-order valence-corrected chi connectivity index (χ3v) is 4.94. The van der Waals surface area contributed by atoms with E-state index in [9.17, 15) is 9.18 Å². The van der Waals surface area contributed by atoms with Crippen molar-refractivity contribution >= 4 is 16.9 Å². The molecule has 0 bridgehead atoms. The fraction of sp³-hybridized carbons (Fsp3) is 0.333. The highest BCUT2D eigenvalue weighted by molar-refractivity contribution is 5.94. The summed E-state index contributed by atoms with van der Waals surface area (Å²) < 4.78 is 25.3. The molecule has 0 unspecified atom stereocenters. The van der Waals surface area contributed by atoms with Gasteiger partial charge in [-0.25, -0.2) is 9.37 Å². The molecule has 28 heavy (non-hydrogen) atoms. The van der Waals surface area contributed by atoms with Crippen LogP contribution in [0.25, 0.3) is 11.0 Å². The van der Waals surface area contributed by atoms with Gasteiger partial charge < -0.3 is 19.4 Å². The van der Waals surface area contributed by atoms with Crippen LogP contribution in [0.1, 0.15) is 21.7 Å². The van der Waals surface area contributed by atoms with Crippen molar-refractivity contribution in [1.29, 1.82) is 0 Å². The summed E-state index contributed by atoms with van der Waals surface area (Å²) in [7, 11) is 1.57. The average molecular weight is 383 g/mol. The molecule has 0 spiro atoms. The summed E-state index contributed by atoms with van der Waals surface area (Å²) in [6.45, 7) is 2.42. The van der Waals surface area contributed by atoms with Gasteiger partial charge in [-0.1, -0.05) is 6.07 Å². The first kappa shape index (κ1) is 18.4. The molecule has 0 saturated carbocycles. The van der Waals surface area contributed by atoms with Crippen molar-refractivity contribution in [3.8, 4) is 5.75 Å². The molecule has 3 aromatic rings. The fourth-order valence-electron chi connectivity index (χ4n) is 3.40. The normalized spacial score (nSPS) is 19.3. The van der Waals surface area contributed by atoms with Crippen LogP contribution in [-0.2, 0) is 11.3 Å². The second-order valence-corrected chi connectivity index (χ2v) is 7.01. The van der Waals surface area contributed by atoms with Gasteiger partial charge in [0.15, 0.2) is 0 Å². The third-order valence-electron chi connectivity index (χ3n) is 4.94. The molecule has 1 aromatic heterocycles. The molecule has 146 valence electrons. The molecule has 2 atom stereocenters. The van der Waals surface area contributed by atoms with Crippen molar-refractivity contribution in [3.05, 3.63) is 59.4 Å². The van der Waals surface area contributed by atoms with Crippen molar-refractivity contribution < 1.29 is 18.7 Å². The van der Waals surface area contributed by atoms with E-state index in [0.29, 0.717) is 17.1 Å². The minimum atomic E-state index is -1.23. The van der Waals surface area contributed by atoms with Gasteiger partial charge in [0.2, 0.25) is 0 Å². The number of carbonyl (C=O) groups is 1. The molecule has 4 rings (SSSR count). The maximum Gasteiger partial charge on any atom is 0.254 e. The van der Waals surface area contributed by atoms with Crippen molar-refractivity contribution in [1.82, 2.24) is 14.9 Å². The van der Waals surface area contributed by atoms with Crippen LogP contribution in [0, 0.1) is 6.92 Å². The number of methoxy groups -OCH3 is 1. The number of aromatic nitrogens is 2. The molecule has 1 aliphatic heterocycles. The van der Waals surface area contributed by atoms with Crippen molar-refractivity contribution in [3.63, 3.8) is 0 Å². The predicted octanol–water partition coefficient (Wildman–Crippen LogP) is 3.26. The van der Waals surface area contributed by atoms with Crippen LogP contribution in [0.3, 0.4) is 0 Å². The van der Waals surface area contributed by atoms with Gasteiger partial charge in [0, 0.05) is 5.56 Å². The summed E-state index contributed by atoms with van der Waals surface area (Å²) in [6.07, 6.45) is -1.90. The van der Waals surface area contributed by atoms with Gasteiger partial charge in [-0.15, -0.1) is 0 Å². The lowest BCUT2D eigenvalue weighted by atomic mass is 10.2. The second kappa shape index (κ2) is 7.59. The van der Waals surface area contributed by atoms with Crippen molar-refractivity contribution in [2.24, 2.45) is 0 Å². The van der Waals surface area contributed by atoms with Crippen LogP contribution in [0.4, 0.5) is 4.39 Å². The van der Waals surface area contributed by atoms with Crippen LogP contribution in [0.2, 0.25) is 0 Å². The number of likely N-dealkylation sites (tertiary alicyclic amines) is 1. The van der Waals surface area contributed by atoms with Crippen molar-refractivity contribution in [2.75, 3.05) is 20.2 Å². The zero-order valence-corrected chi connectivity index (χ0v) is 15.8. The molecule has 0 aliphatic carbocycles. The maximum absolute atomic E-state index is 14.4. The lowest BCUT2D eigenvalue weighted by Crippen LogP contribution is -2.30. The first-order valence-corrected chi connectivity index (χ1v) is 9.18. The molecule has 6 nitrogen and oxygen atoms in total. The van der Waals surface area contributed by atoms with E-state index in [1.807, 2.05) is 25.1 Å². The Morgan fingerprint density at radius 2 is 2.04 bits per heavy atom. The largest absolute Gasteiger partial charge is 0.497 e. The molecule has 1 fully saturated rings. The summed E-state index contributed by atoms with van der Waals surface area (Å²) in [4.78, 5) is 21.7. The van der Waals surface area contributed by atoms with Crippen LogP contribution >= 0.6 is 0 Å². The molecule has 0 radical (unpaired) electrons. The van der Waals surface area contributed by atoms with E-state index < -0.39 is 12.3 Å². The molecule has 2 heterocycles. The number of nitrogens with one attached hydrogen (secondary N) is 1. The Morgan fingerprint density at radius 1 is 1.25 bits per heavy atom. The molecule has 1 amide bonds. The second-order valence-electron chi connectivity index (χ2n) is 7.01. The zero-order chi connectivity index (χ0) is 19.7. The summed E-state index contributed by atoms with van der Waals surface area (Å²) >= 11 is 0. The Bertz CT molecular complexity index is 986. The molecule has 1 aliphatic rings. The Hall–Kier alpha value is -2.93. The highest BCUT2D eigenvalue weighted by Crippen LogP contribution is 2.22. The smallest absolute Gasteiger partial charge is 0.254 e. The monoisotopic (exact) mass is 383 g/mol. The predicted molar refractivity (Wildman–Crippen MR) is 103 cm³/mol. The first-order chi connectivity index (χ1) is 13.5. The standard InChI is InChI=1S/C21H22FN3O3/c1-13-3-8-17-18(9-13)24-20(23-17)12-28-19-11-25(10-16(19)22)21(26)14-4-6-15(27-2)7-5-14/h3-9,16,19H,10-12H2,1-2H3,(H,23,24)/t16-,19+/m1/s1. The van der Waals surface area contributed by atoms with E-state index in [2.05, 4.69) is 9.97 Å². The van der Waals surface area contributed by atoms with E-state index in [1.165, 1.54) is 4.90 Å². The maximum atomic E-state index is 14.4. The number of rotatable bonds is 5. The molecule has 1 saturated heterocycles. The number of nitrogens with zero attached hydrogens (tertiary/aromatic N) is 2. The van der Waals surface area contributed by atoms with Crippen LogP contribution in [-0.4, -0.2) is 53.2 Å². The number of imidazole rings is 1. The topological polar surface area (TPSA) is 67.4 Å². The molecule has 7 heteroatoms. The lowest BCUT2D eigenvalue weighted by Gasteiger charge is -2.16. The third kappa shape index (κ3) is 3.71. The highest BCUT2D eigenvalue weighted by Gasteiger charge is 2.36. The Labute approximate surface area is 162 Å². The minimum absolute atomic E-state index is 0.0227. The van der Waals surface area contributed by atoms with Gasteiger partial charge in [0.1, 0.15) is 30.5 Å². The number of amides is 1. The average Bonchev–Trinajstić information content (AvgIpc) is 3.28. The van der Waals surface area contributed by atoms with E-state index in [4.69, 9.17) is 9.47 Å². The first-order valence-electron chi connectivity index (χ1n) is 9.18. The molecular formula is C21H22FN3O3. The quantitative estimate of drug-likeness (QED) is 0.734. The van der Waals surface area contributed by atoms with E-state index in [0.717, 1.165) is 16.6 Å². The van der Waals surface area contributed by atoms with Crippen LogP contribution < -0.4 is 4.74 Å². The summed E-state index contributed by atoms with van der Waals surface area (Å²) in [6, 6.07) is 12.7. The summed E-state index contributed by atoms with van der Waals surface area (Å²) in [5, 5.41) is 0. The van der Waals surface area contributed by atoms with Gasteiger partial charge >= 0.3 is 0 Å². The summed E-state index contributed by atoms with van der Waals surface area (Å²) in [5.41, 5.74) is 3.42. The number of ether oxygens (including phenoxy) is 2. The van der Waals surface area contributed by atoms with Gasteiger partial charge in [-0.3, -0.25) is 4.79 Å². The lowest BCUT2D eigenvalue weighted by molar-refractivity contribution is 0.00887. The van der Waals surface area contributed by atoms with Crippen LogP contribution in [0.5, 0.6) is 5.75 Å². The van der Waals surface area contributed by atoms with Gasteiger partial charge in [-0.05, 0) is 48.9 Å². The number of H-pyrrole nitrogens is 1. The molecule has 2 aromatic carbocycles. The Morgan fingerprint density at radius 3 is 2.79 bits per heavy atom. The molecular weight excluding hydrogens is 361 g/mol. The van der Waals surface area contributed by atoms with E-state index >= 15 is 0 Å². The number of hydrogen-bond acceptors (Lipinski definition) is 4. The highest BCUT2D eigenvalue weighted by atomic mass is 19.1. The SMILES string of the molecule is COc1ccc(C(=O)N2C[C@@H](F)[C@@H](OCc3nc4ccc(C)cc4[nH]3)C2)cc1. The Kier molecular flexibility index (Phi) is 5.00. The zero-order valence-electron chi connectivity index (χ0n) is 15.8. The number of alkyl halides is 1. The molecule has 1 N–H and O–H groups in total. The Balaban J connectivity index is 1.38. The number of fused-ring (bicyclic) bond motifs is 1. The van der Waals surface area contributed by atoms with Crippen molar-refractivity contribution in [2.45, 2.75) is 25.8 Å².